The van der Waals surface area contributed by atoms with Gasteiger partial charge in [-0.3, -0.25) is 4.79 Å². The Kier molecular flexibility index (Phi) is 3.38. The van der Waals surface area contributed by atoms with Crippen molar-refractivity contribution >= 4 is 5.91 Å². The lowest BCUT2D eigenvalue weighted by Gasteiger charge is -2.11. The van der Waals surface area contributed by atoms with Crippen LogP contribution in [0.25, 0.3) is 0 Å². The van der Waals surface area contributed by atoms with E-state index in [2.05, 4.69) is 10.3 Å². The van der Waals surface area contributed by atoms with Crippen molar-refractivity contribution < 1.29 is 4.79 Å². The summed E-state index contributed by atoms with van der Waals surface area (Å²) >= 11 is 0. The standard InChI is InChI=1S/C13H15N3O/c1-9-10(8-14)6-7-12(15-9)13(17)16-11-4-2-3-5-11/h6-7,11H,2-5H2,1H3,(H,16,17). The van der Waals surface area contributed by atoms with Crippen LogP contribution in [0.3, 0.4) is 0 Å². The maximum Gasteiger partial charge on any atom is 0.270 e. The first-order valence-corrected chi connectivity index (χ1v) is 5.89. The molecule has 1 saturated carbocycles. The molecule has 1 fully saturated rings. The zero-order valence-corrected chi connectivity index (χ0v) is 9.86. The second-order valence-electron chi connectivity index (χ2n) is 4.40. The van der Waals surface area contributed by atoms with Gasteiger partial charge in [-0.1, -0.05) is 12.8 Å². The molecule has 0 spiro atoms. The number of rotatable bonds is 2. The number of nitrogens with one attached hydrogen (secondary N) is 1. The molecule has 0 unspecified atom stereocenters. The predicted octanol–water partition coefficient (Wildman–Crippen LogP) is 1.93. The second kappa shape index (κ2) is 4.96. The number of amides is 1. The molecule has 1 amide bonds. The van der Waals surface area contributed by atoms with Crippen molar-refractivity contribution in [2.45, 2.75) is 38.6 Å². The molecule has 0 saturated heterocycles. The summed E-state index contributed by atoms with van der Waals surface area (Å²) in [5.41, 5.74) is 1.52. The van der Waals surface area contributed by atoms with E-state index >= 15 is 0 Å². The minimum absolute atomic E-state index is 0.135. The Morgan fingerprint density at radius 1 is 1.47 bits per heavy atom. The number of aromatic nitrogens is 1. The molecule has 4 heteroatoms. The van der Waals surface area contributed by atoms with E-state index in [1.807, 2.05) is 6.07 Å². The zero-order chi connectivity index (χ0) is 12.3. The number of nitriles is 1. The molecule has 1 heterocycles. The van der Waals surface area contributed by atoms with Gasteiger partial charge in [0.25, 0.3) is 5.91 Å². The third-order valence-corrected chi connectivity index (χ3v) is 3.13. The Hall–Kier alpha value is -1.89. The van der Waals surface area contributed by atoms with E-state index in [4.69, 9.17) is 5.26 Å². The van der Waals surface area contributed by atoms with Crippen molar-refractivity contribution in [1.82, 2.24) is 10.3 Å². The normalized spacial score (nSPS) is 15.5. The van der Waals surface area contributed by atoms with Crippen LogP contribution in [0.1, 0.15) is 47.4 Å². The smallest absolute Gasteiger partial charge is 0.270 e. The number of aryl methyl sites for hydroxylation is 1. The molecule has 0 aromatic carbocycles. The number of hydrogen-bond acceptors (Lipinski definition) is 3. The van der Waals surface area contributed by atoms with E-state index in [9.17, 15) is 4.79 Å². The molecule has 1 aliphatic rings. The number of hydrogen-bond donors (Lipinski definition) is 1. The van der Waals surface area contributed by atoms with E-state index in [-0.39, 0.29) is 5.91 Å². The van der Waals surface area contributed by atoms with Crippen LogP contribution in [0, 0.1) is 18.3 Å². The highest BCUT2D eigenvalue weighted by Gasteiger charge is 2.18. The van der Waals surface area contributed by atoms with Crippen molar-refractivity contribution in [3.63, 3.8) is 0 Å². The van der Waals surface area contributed by atoms with Gasteiger partial charge in [0.1, 0.15) is 11.8 Å². The van der Waals surface area contributed by atoms with E-state index < -0.39 is 0 Å². The molecule has 88 valence electrons. The molecule has 1 aromatic rings. The summed E-state index contributed by atoms with van der Waals surface area (Å²) < 4.78 is 0. The minimum Gasteiger partial charge on any atom is -0.348 e. The predicted molar refractivity (Wildman–Crippen MR) is 63.4 cm³/mol. The lowest BCUT2D eigenvalue weighted by atomic mass is 10.2. The number of carbonyl (C=O) groups is 1. The fourth-order valence-corrected chi connectivity index (χ4v) is 2.14. The highest BCUT2D eigenvalue weighted by molar-refractivity contribution is 5.92. The van der Waals surface area contributed by atoms with Crippen molar-refractivity contribution in [1.29, 1.82) is 5.26 Å². The molecule has 17 heavy (non-hydrogen) atoms. The van der Waals surface area contributed by atoms with E-state index in [0.29, 0.717) is 23.0 Å². The Morgan fingerprint density at radius 2 is 2.18 bits per heavy atom. The summed E-state index contributed by atoms with van der Waals surface area (Å²) in [5.74, 6) is -0.135. The van der Waals surface area contributed by atoms with Crippen molar-refractivity contribution in [3.8, 4) is 6.07 Å². The Labute approximate surface area is 101 Å². The van der Waals surface area contributed by atoms with Gasteiger partial charge >= 0.3 is 0 Å². The summed E-state index contributed by atoms with van der Waals surface area (Å²) in [6, 6.07) is 5.58. The van der Waals surface area contributed by atoms with Crippen LogP contribution < -0.4 is 5.32 Å². The minimum atomic E-state index is -0.135. The third-order valence-electron chi connectivity index (χ3n) is 3.13. The van der Waals surface area contributed by atoms with Crippen LogP contribution in [0.5, 0.6) is 0 Å². The average molecular weight is 229 g/mol. The SMILES string of the molecule is Cc1nc(C(=O)NC2CCCC2)ccc1C#N. The van der Waals surface area contributed by atoms with Crippen LogP contribution in [0.2, 0.25) is 0 Å². The molecule has 0 radical (unpaired) electrons. The van der Waals surface area contributed by atoms with Crippen LogP contribution in [0.15, 0.2) is 12.1 Å². The summed E-state index contributed by atoms with van der Waals surface area (Å²) in [5, 5.41) is 11.8. The first-order valence-electron chi connectivity index (χ1n) is 5.89. The number of pyridine rings is 1. The molecule has 0 aliphatic heterocycles. The van der Waals surface area contributed by atoms with Crippen molar-refractivity contribution in [3.05, 3.63) is 29.1 Å². The van der Waals surface area contributed by atoms with Gasteiger partial charge in [0.2, 0.25) is 0 Å². The number of nitrogens with zero attached hydrogens (tertiary/aromatic N) is 2. The van der Waals surface area contributed by atoms with Crippen LogP contribution in [-0.2, 0) is 0 Å². The first kappa shape index (κ1) is 11.6. The van der Waals surface area contributed by atoms with Gasteiger partial charge in [-0.25, -0.2) is 4.98 Å². The van der Waals surface area contributed by atoms with Gasteiger partial charge in [-0.05, 0) is 31.9 Å². The fourth-order valence-electron chi connectivity index (χ4n) is 2.14. The molecule has 1 aromatic heterocycles. The lowest BCUT2D eigenvalue weighted by molar-refractivity contribution is 0.0932. The molecule has 4 nitrogen and oxygen atoms in total. The van der Waals surface area contributed by atoms with Crippen molar-refractivity contribution in [2.75, 3.05) is 0 Å². The largest absolute Gasteiger partial charge is 0.348 e. The molecule has 1 N–H and O–H groups in total. The Morgan fingerprint density at radius 3 is 2.76 bits per heavy atom. The van der Waals surface area contributed by atoms with Crippen LogP contribution >= 0.6 is 0 Å². The van der Waals surface area contributed by atoms with Crippen molar-refractivity contribution in [2.24, 2.45) is 0 Å². The van der Waals surface area contributed by atoms with Gasteiger partial charge in [-0.15, -0.1) is 0 Å². The van der Waals surface area contributed by atoms with Gasteiger partial charge in [0.15, 0.2) is 0 Å². The van der Waals surface area contributed by atoms with E-state index in [0.717, 1.165) is 12.8 Å². The Balaban J connectivity index is 2.09. The third kappa shape index (κ3) is 2.62. The highest BCUT2D eigenvalue weighted by atomic mass is 16.1. The molecular formula is C13H15N3O. The van der Waals surface area contributed by atoms with Gasteiger partial charge in [0, 0.05) is 6.04 Å². The van der Waals surface area contributed by atoms with Crippen LogP contribution in [0.4, 0.5) is 0 Å². The number of carbonyl (C=O) groups excluding carboxylic acids is 1. The molecule has 2 rings (SSSR count). The summed E-state index contributed by atoms with van der Waals surface area (Å²) in [6.07, 6.45) is 4.48. The summed E-state index contributed by atoms with van der Waals surface area (Å²) in [6.45, 7) is 1.74. The second-order valence-corrected chi connectivity index (χ2v) is 4.40. The Bertz CT molecular complexity index is 470. The molecular weight excluding hydrogens is 214 g/mol. The molecule has 1 aliphatic carbocycles. The lowest BCUT2D eigenvalue weighted by Crippen LogP contribution is -2.33. The maximum absolute atomic E-state index is 11.9. The van der Waals surface area contributed by atoms with E-state index in [1.165, 1.54) is 12.8 Å². The van der Waals surface area contributed by atoms with Gasteiger partial charge in [-0.2, -0.15) is 5.26 Å². The fraction of sp³-hybridized carbons (Fsp3) is 0.462. The van der Waals surface area contributed by atoms with Gasteiger partial charge in [0.05, 0.1) is 11.3 Å². The maximum atomic E-state index is 11.9. The monoisotopic (exact) mass is 229 g/mol. The topological polar surface area (TPSA) is 65.8 Å². The quantitative estimate of drug-likeness (QED) is 0.842. The average Bonchev–Trinajstić information content (AvgIpc) is 2.81. The van der Waals surface area contributed by atoms with Gasteiger partial charge < -0.3 is 5.32 Å². The summed E-state index contributed by atoms with van der Waals surface area (Å²) in [7, 11) is 0. The van der Waals surface area contributed by atoms with Crippen LogP contribution in [-0.4, -0.2) is 16.9 Å². The molecule has 0 atom stereocenters. The molecule has 0 bridgehead atoms. The zero-order valence-electron chi connectivity index (χ0n) is 9.86. The van der Waals surface area contributed by atoms with E-state index in [1.54, 1.807) is 19.1 Å². The highest BCUT2D eigenvalue weighted by Crippen LogP contribution is 2.18. The first-order chi connectivity index (χ1) is 8.20. The summed E-state index contributed by atoms with van der Waals surface area (Å²) in [4.78, 5) is 16.0.